The number of nitrogens with one attached hydrogen (secondary N) is 1. The van der Waals surface area contributed by atoms with Crippen molar-refractivity contribution in [1.29, 1.82) is 5.26 Å². The zero-order valence-corrected chi connectivity index (χ0v) is 15.4. The second-order valence-electron chi connectivity index (χ2n) is 6.37. The zero-order chi connectivity index (χ0) is 20.1. The molecule has 28 heavy (non-hydrogen) atoms. The second-order valence-corrected chi connectivity index (χ2v) is 6.37. The number of pyridine rings is 1. The third kappa shape index (κ3) is 4.32. The van der Waals surface area contributed by atoms with Gasteiger partial charge in [0.1, 0.15) is 5.69 Å². The first-order valence-electron chi connectivity index (χ1n) is 8.80. The van der Waals surface area contributed by atoms with E-state index in [0.29, 0.717) is 43.0 Å². The summed E-state index contributed by atoms with van der Waals surface area (Å²) >= 11 is 0. The normalized spacial score (nSPS) is 13.6. The Morgan fingerprint density at radius 1 is 1.04 bits per heavy atom. The molecule has 2 heterocycles. The molecule has 1 aliphatic rings. The number of benzene rings is 1. The molecule has 3 amide bonds. The number of carbonyl (C=O) groups excluding carboxylic acids is 3. The van der Waals surface area contributed by atoms with E-state index < -0.39 is 5.91 Å². The van der Waals surface area contributed by atoms with Crippen LogP contribution in [-0.2, 0) is 4.79 Å². The van der Waals surface area contributed by atoms with Crippen LogP contribution in [0.15, 0.2) is 42.6 Å². The van der Waals surface area contributed by atoms with Gasteiger partial charge in [-0.3, -0.25) is 19.4 Å². The SMILES string of the molecule is CC(=O)N1CCN(C(=O)c2ccnc(C(=O)Nc3ccc(C#N)cc3)c2)CC1. The Kier molecular flexibility index (Phi) is 5.65. The Morgan fingerprint density at radius 2 is 1.68 bits per heavy atom. The van der Waals surface area contributed by atoms with Crippen molar-refractivity contribution in [3.63, 3.8) is 0 Å². The minimum absolute atomic E-state index is 0.00206. The van der Waals surface area contributed by atoms with Gasteiger partial charge in [0.15, 0.2) is 0 Å². The van der Waals surface area contributed by atoms with Gasteiger partial charge in [0.05, 0.1) is 11.6 Å². The summed E-state index contributed by atoms with van der Waals surface area (Å²) in [6.07, 6.45) is 1.42. The number of piperazine rings is 1. The molecule has 142 valence electrons. The predicted molar refractivity (Wildman–Crippen MR) is 102 cm³/mol. The van der Waals surface area contributed by atoms with Crippen molar-refractivity contribution >= 4 is 23.4 Å². The van der Waals surface area contributed by atoms with Gasteiger partial charge in [0.2, 0.25) is 5.91 Å². The average Bonchev–Trinajstić information content (AvgIpc) is 2.74. The number of anilines is 1. The lowest BCUT2D eigenvalue weighted by molar-refractivity contribution is -0.130. The molecule has 0 saturated carbocycles. The van der Waals surface area contributed by atoms with Gasteiger partial charge in [-0.25, -0.2) is 0 Å². The molecule has 3 rings (SSSR count). The van der Waals surface area contributed by atoms with Gasteiger partial charge < -0.3 is 15.1 Å². The topological polar surface area (TPSA) is 106 Å². The van der Waals surface area contributed by atoms with E-state index in [1.165, 1.54) is 19.2 Å². The van der Waals surface area contributed by atoms with E-state index >= 15 is 0 Å². The Hall–Kier alpha value is -3.73. The molecule has 1 N–H and O–H groups in total. The lowest BCUT2D eigenvalue weighted by atomic mass is 10.1. The fourth-order valence-electron chi connectivity index (χ4n) is 2.92. The summed E-state index contributed by atoms with van der Waals surface area (Å²) in [6, 6.07) is 11.5. The maximum atomic E-state index is 12.7. The van der Waals surface area contributed by atoms with Gasteiger partial charge in [-0.2, -0.15) is 5.26 Å². The summed E-state index contributed by atoms with van der Waals surface area (Å²) in [5, 5.41) is 11.5. The quantitative estimate of drug-likeness (QED) is 0.873. The summed E-state index contributed by atoms with van der Waals surface area (Å²) in [4.78, 5) is 44.0. The first kappa shape index (κ1) is 19.0. The van der Waals surface area contributed by atoms with Crippen molar-refractivity contribution in [3.8, 4) is 6.07 Å². The molecule has 1 aliphatic heterocycles. The molecular formula is C20H19N5O3. The fraction of sp³-hybridized carbons (Fsp3) is 0.250. The summed E-state index contributed by atoms with van der Waals surface area (Å²) in [6.45, 7) is 3.41. The summed E-state index contributed by atoms with van der Waals surface area (Å²) in [5.74, 6) is -0.642. The molecule has 0 bridgehead atoms. The van der Waals surface area contributed by atoms with Crippen LogP contribution in [-0.4, -0.2) is 58.7 Å². The monoisotopic (exact) mass is 377 g/mol. The van der Waals surface area contributed by atoms with Crippen LogP contribution in [0.5, 0.6) is 0 Å². The highest BCUT2D eigenvalue weighted by Gasteiger charge is 2.24. The van der Waals surface area contributed by atoms with Crippen molar-refractivity contribution in [1.82, 2.24) is 14.8 Å². The van der Waals surface area contributed by atoms with Crippen LogP contribution in [0.2, 0.25) is 0 Å². The van der Waals surface area contributed by atoms with Crippen LogP contribution in [0.1, 0.15) is 33.3 Å². The van der Waals surface area contributed by atoms with Crippen molar-refractivity contribution < 1.29 is 14.4 Å². The van der Waals surface area contributed by atoms with E-state index in [1.54, 1.807) is 40.1 Å². The summed E-state index contributed by atoms with van der Waals surface area (Å²) < 4.78 is 0. The third-order valence-electron chi connectivity index (χ3n) is 4.52. The van der Waals surface area contributed by atoms with E-state index in [2.05, 4.69) is 10.3 Å². The van der Waals surface area contributed by atoms with Crippen molar-refractivity contribution in [2.75, 3.05) is 31.5 Å². The lowest BCUT2D eigenvalue weighted by Gasteiger charge is -2.34. The average molecular weight is 377 g/mol. The van der Waals surface area contributed by atoms with Crippen LogP contribution < -0.4 is 5.32 Å². The number of amides is 3. The van der Waals surface area contributed by atoms with E-state index in [4.69, 9.17) is 5.26 Å². The van der Waals surface area contributed by atoms with Gasteiger partial charge in [-0.05, 0) is 36.4 Å². The molecule has 1 aromatic carbocycles. The molecule has 1 fully saturated rings. The van der Waals surface area contributed by atoms with Crippen molar-refractivity contribution in [2.24, 2.45) is 0 Å². The molecule has 0 spiro atoms. The zero-order valence-electron chi connectivity index (χ0n) is 15.4. The van der Waals surface area contributed by atoms with E-state index in [-0.39, 0.29) is 17.5 Å². The molecule has 1 aromatic heterocycles. The Balaban J connectivity index is 1.67. The van der Waals surface area contributed by atoms with Crippen LogP contribution in [0.3, 0.4) is 0 Å². The van der Waals surface area contributed by atoms with Gasteiger partial charge >= 0.3 is 0 Å². The van der Waals surface area contributed by atoms with Gasteiger partial charge in [-0.15, -0.1) is 0 Å². The number of hydrogen-bond acceptors (Lipinski definition) is 5. The van der Waals surface area contributed by atoms with Crippen LogP contribution in [0.4, 0.5) is 5.69 Å². The minimum atomic E-state index is -0.444. The standard InChI is InChI=1S/C20H19N5O3/c1-14(26)24-8-10-25(11-9-24)20(28)16-6-7-22-18(12-16)19(27)23-17-4-2-15(13-21)3-5-17/h2-7,12H,8-11H2,1H3,(H,23,27). The molecule has 0 radical (unpaired) electrons. The maximum absolute atomic E-state index is 12.7. The first-order valence-corrected chi connectivity index (χ1v) is 8.80. The van der Waals surface area contributed by atoms with Crippen LogP contribution in [0, 0.1) is 11.3 Å². The number of rotatable bonds is 3. The van der Waals surface area contributed by atoms with Gasteiger partial charge in [0.25, 0.3) is 11.8 Å². The largest absolute Gasteiger partial charge is 0.339 e. The highest BCUT2D eigenvalue weighted by molar-refractivity contribution is 6.04. The first-order chi connectivity index (χ1) is 13.5. The fourth-order valence-corrected chi connectivity index (χ4v) is 2.92. The van der Waals surface area contributed by atoms with Crippen molar-refractivity contribution in [3.05, 3.63) is 59.4 Å². The molecule has 0 aliphatic carbocycles. The van der Waals surface area contributed by atoms with Gasteiger partial charge in [-0.1, -0.05) is 0 Å². The molecule has 1 saturated heterocycles. The predicted octanol–water partition coefficient (Wildman–Crippen LogP) is 1.51. The summed E-state index contributed by atoms with van der Waals surface area (Å²) in [7, 11) is 0. The number of aromatic nitrogens is 1. The molecule has 8 heteroatoms. The maximum Gasteiger partial charge on any atom is 0.274 e. The minimum Gasteiger partial charge on any atom is -0.339 e. The molecule has 8 nitrogen and oxygen atoms in total. The Bertz CT molecular complexity index is 941. The van der Waals surface area contributed by atoms with Gasteiger partial charge in [0, 0.05) is 50.6 Å². The Labute approximate surface area is 162 Å². The van der Waals surface area contributed by atoms with Crippen LogP contribution in [0.25, 0.3) is 0 Å². The second kappa shape index (κ2) is 8.31. The smallest absolute Gasteiger partial charge is 0.274 e. The molecular weight excluding hydrogens is 358 g/mol. The molecule has 2 aromatic rings. The Morgan fingerprint density at radius 3 is 2.29 bits per heavy atom. The number of hydrogen-bond donors (Lipinski definition) is 1. The third-order valence-corrected chi connectivity index (χ3v) is 4.52. The number of nitriles is 1. The van der Waals surface area contributed by atoms with Crippen LogP contribution >= 0.6 is 0 Å². The summed E-state index contributed by atoms with van der Waals surface area (Å²) in [5.41, 5.74) is 1.52. The number of nitrogens with zero attached hydrogens (tertiary/aromatic N) is 4. The van der Waals surface area contributed by atoms with E-state index in [9.17, 15) is 14.4 Å². The highest BCUT2D eigenvalue weighted by Crippen LogP contribution is 2.13. The number of carbonyl (C=O) groups is 3. The molecule has 0 unspecified atom stereocenters. The van der Waals surface area contributed by atoms with E-state index in [0.717, 1.165) is 0 Å². The highest BCUT2D eigenvalue weighted by atomic mass is 16.2. The van der Waals surface area contributed by atoms with E-state index in [1.807, 2.05) is 6.07 Å². The molecule has 0 atom stereocenters. The lowest BCUT2D eigenvalue weighted by Crippen LogP contribution is -2.50. The van der Waals surface area contributed by atoms with Crippen molar-refractivity contribution in [2.45, 2.75) is 6.92 Å².